The maximum Gasteiger partial charge on any atom is 0.354 e. The Morgan fingerprint density at radius 1 is 0.307 bits per heavy atom. The van der Waals surface area contributed by atoms with Crippen LogP contribution in [-0.2, 0) is 121 Å². The summed E-state index contributed by atoms with van der Waals surface area (Å²) in [5.74, 6) is -4.85. The molecule has 0 aliphatic carbocycles. The summed E-state index contributed by atoms with van der Waals surface area (Å²) in [6.45, 7) is 9.96. The van der Waals surface area contributed by atoms with Gasteiger partial charge in [-0.3, -0.25) is 26.3 Å². The Hall–Kier alpha value is -9.64. The molecule has 137 heavy (non-hydrogen) atoms. The van der Waals surface area contributed by atoms with E-state index in [0.29, 0.717) is 42.8 Å². The smallest absolute Gasteiger partial charge is 0.354 e. The number of benzene rings is 8. The molecule has 9 heterocycles. The number of aromatic carboxylic acids is 1. The number of fused-ring (bicyclic) bond motifs is 2. The van der Waals surface area contributed by atoms with Crippen LogP contribution in [0.1, 0.15) is 101 Å². The largest absolute Gasteiger partial charge is 0.477 e. The molecule has 8 aromatic carbocycles. The topological polar surface area (TPSA) is 289 Å². The number of halogens is 6. The van der Waals surface area contributed by atoms with Gasteiger partial charge in [-0.1, -0.05) is 199 Å². The number of nitrogens with zero attached hydrogens (tertiary/aromatic N) is 7. The monoisotopic (exact) mass is 2970 g/mol. The first-order valence-corrected chi connectivity index (χ1v) is 42.8. The van der Waals surface area contributed by atoms with Crippen LogP contribution >= 0.6 is 22.7 Å². The molecule has 17 aromatic rings. The molecule has 9 N–H and O–H groups in total. The summed E-state index contributed by atoms with van der Waals surface area (Å²) < 4.78 is 79.9. The molecule has 17 nitrogen and oxygen atoms in total. The van der Waals surface area contributed by atoms with Gasteiger partial charge in [0.15, 0.2) is 0 Å². The summed E-state index contributed by atoms with van der Waals surface area (Å²) in [5, 5.41) is 82.0. The predicted octanol–water partition coefficient (Wildman–Crippen LogP) is 22.6. The van der Waals surface area contributed by atoms with Gasteiger partial charge in [-0.25, -0.2) is 32.5 Å². The van der Waals surface area contributed by atoms with Crippen molar-refractivity contribution in [3.63, 3.8) is 0 Å². The molecule has 17 rings (SSSR count). The van der Waals surface area contributed by atoms with Crippen LogP contribution in [0.4, 0.5) is 26.3 Å². The van der Waals surface area contributed by atoms with Gasteiger partial charge in [-0.15, -0.1) is 119 Å². The number of aromatic nitrogens is 7. The summed E-state index contributed by atoms with van der Waals surface area (Å²) in [5.41, 5.74) is 7.67. The van der Waals surface area contributed by atoms with Crippen LogP contribution < -0.4 is 0 Å². The molecule has 9 aromatic heterocycles. The quantitative estimate of drug-likeness (QED) is 0.0302. The molecule has 732 valence electrons. The van der Waals surface area contributed by atoms with E-state index in [1.54, 1.807) is 156 Å². The van der Waals surface area contributed by atoms with Gasteiger partial charge in [-0.2, -0.15) is 0 Å². The molecule has 0 aliphatic rings. The molecule has 0 aliphatic heterocycles. The van der Waals surface area contributed by atoms with E-state index in [0.717, 1.165) is 79.9 Å². The average molecular weight is 2960 g/mol. The van der Waals surface area contributed by atoms with Crippen molar-refractivity contribution in [1.29, 1.82) is 0 Å². The number of hydrogen-bond acceptors (Lipinski definition) is 18. The second-order valence-corrected chi connectivity index (χ2v) is 30.8. The minimum absolute atomic E-state index is 0. The van der Waals surface area contributed by atoms with Crippen molar-refractivity contribution in [3.8, 4) is 66.2 Å². The van der Waals surface area contributed by atoms with Crippen LogP contribution in [0.5, 0.6) is 0 Å². The van der Waals surface area contributed by atoms with Crippen LogP contribution in [0.25, 0.3) is 86.3 Å². The van der Waals surface area contributed by atoms with E-state index in [-0.39, 0.29) is 180 Å². The van der Waals surface area contributed by atoms with Gasteiger partial charge in [-0.05, 0) is 162 Å². The number of aliphatic hydroxyl groups excluding tert-OH is 8. The maximum absolute atomic E-state index is 13.2. The van der Waals surface area contributed by atoms with Crippen molar-refractivity contribution in [3.05, 3.63) is 429 Å². The number of carboxylic acids is 1. The van der Waals surface area contributed by atoms with Crippen molar-refractivity contribution in [1.82, 2.24) is 34.9 Å². The summed E-state index contributed by atoms with van der Waals surface area (Å²) in [4.78, 5) is 40.6. The predicted molar refractivity (Wildman–Crippen MR) is 504 cm³/mol. The summed E-state index contributed by atoms with van der Waals surface area (Å²) >= 11 is 3.46. The minimum atomic E-state index is -0.990. The molecular formula is C106H99F6Ir6N7O10S2-6. The maximum atomic E-state index is 13.2. The molecule has 0 fully saturated rings. The Bertz CT molecular complexity index is 5510. The Labute approximate surface area is 884 Å². The van der Waals surface area contributed by atoms with E-state index in [2.05, 4.69) is 108 Å². The van der Waals surface area contributed by atoms with Gasteiger partial charge < -0.3 is 75.9 Å². The van der Waals surface area contributed by atoms with Crippen molar-refractivity contribution in [2.75, 3.05) is 0 Å². The van der Waals surface area contributed by atoms with E-state index in [1.807, 2.05) is 164 Å². The van der Waals surface area contributed by atoms with E-state index in [1.165, 1.54) is 32.4 Å². The SMILES string of the molecule is CC(O)CC(C)O.CC(O)CC(C)O.CC(O)CC(C)O.Fc1c[c-]c(-c2ccccn2)c(F)c1.Fc1c[c-]c(-c2ccccn2)c(F)c1.Fc1c[c-]c(-c2ccccn2)c(F)c1.O=C(O)c1ccccn1.OC(CC(O)c1ccccc1)c1ccccc1.[Ir].[Ir].[Ir].[Ir].[Ir].[Ir].[c-]1c(-c2ccccn2)sc2ccccc12.[c-]1c(-c2ccccn2)sc2ccccc12.[c-]1ccccc1-c1ccccn1. The zero-order chi connectivity index (χ0) is 94.7. The van der Waals surface area contributed by atoms with Gasteiger partial charge in [0.1, 0.15) is 5.69 Å². The standard InChI is InChI=1S/C15H16O2.2C13H8NS.3C11H6F2N.C11H8N.C6H5NO2.3C5H12O2.6Ir/c16-14(12-7-3-1-4-8-12)11-15(17)13-9-5-2-6-10-13;2*1-2-7-12-10(5-1)9-13(15-12)11-6-3-4-8-14-11;3*12-8-4-5-9(10(13)7-8)11-3-1-2-6-14-11;1-2-6-10(7-3-1)11-8-4-5-9-12-11;8-6(9)5-3-1-2-4-7-5;3*1-4(6)3-5(2)7;;;;;;/h1-10,14-17H,11H2;2*1-8H;3*1-4,6-7H;1-6,8-9H;1-4H,(H,8,9);3*4-7H,3H2,1-2H3;;;;;;/q;6*-1;;;;;;;;;;. The number of hydrogen-bond donors (Lipinski definition) is 9. The van der Waals surface area contributed by atoms with E-state index in [9.17, 15) is 41.4 Å². The van der Waals surface area contributed by atoms with Crippen molar-refractivity contribution in [2.45, 2.75) is 116 Å². The van der Waals surface area contributed by atoms with Crippen molar-refractivity contribution >= 4 is 48.8 Å². The van der Waals surface area contributed by atoms with Crippen molar-refractivity contribution in [2.24, 2.45) is 0 Å². The third-order valence-electron chi connectivity index (χ3n) is 17.2. The van der Waals surface area contributed by atoms with Gasteiger partial charge >= 0.3 is 5.97 Å². The van der Waals surface area contributed by atoms with Crippen LogP contribution in [0.15, 0.2) is 341 Å². The number of rotatable bonds is 17. The first-order valence-electron chi connectivity index (χ1n) is 41.2. The fourth-order valence-electron chi connectivity index (χ4n) is 11.4. The number of carbonyl (C=O) groups is 1. The number of pyridine rings is 7. The van der Waals surface area contributed by atoms with Gasteiger partial charge in [0.05, 0.1) is 48.8 Å². The first-order chi connectivity index (χ1) is 63.1. The molecule has 8 unspecified atom stereocenters. The summed E-state index contributed by atoms with van der Waals surface area (Å²) in [7, 11) is 0. The van der Waals surface area contributed by atoms with Crippen LogP contribution in [0.2, 0.25) is 0 Å². The van der Waals surface area contributed by atoms with E-state index >= 15 is 0 Å². The molecule has 0 saturated carbocycles. The fourth-order valence-corrected chi connectivity index (χ4v) is 13.4. The average Bonchev–Trinajstić information content (AvgIpc) is 1.68. The van der Waals surface area contributed by atoms with Crippen LogP contribution in [-0.4, -0.2) is 123 Å². The molecule has 6 radical (unpaired) electrons. The second-order valence-electron chi connectivity index (χ2n) is 28.7. The third-order valence-corrected chi connectivity index (χ3v) is 19.4. The normalized spacial score (nSPS) is 11.5. The number of thiophene rings is 2. The van der Waals surface area contributed by atoms with Crippen molar-refractivity contribution < 1.29 is 198 Å². The fraction of sp³-hybridized carbons (Fsp3) is 0.170. The minimum Gasteiger partial charge on any atom is -0.477 e. The Morgan fingerprint density at radius 2 is 0.577 bits per heavy atom. The van der Waals surface area contributed by atoms with Crippen LogP contribution in [0, 0.1) is 71.3 Å². The summed E-state index contributed by atoms with van der Waals surface area (Å²) in [6.07, 6.45) is 9.72. The first kappa shape index (κ1) is 125. The molecule has 31 heteroatoms. The Balaban J connectivity index is 0.000000759. The van der Waals surface area contributed by atoms with E-state index < -0.39 is 53.1 Å². The molecular weight excluding hydrogens is 2860 g/mol. The summed E-state index contributed by atoms with van der Waals surface area (Å²) in [6, 6.07) is 104. The van der Waals surface area contributed by atoms with Gasteiger partial charge in [0, 0.05) is 217 Å². The second kappa shape index (κ2) is 70.9. The zero-order valence-electron chi connectivity index (χ0n) is 74.4. The van der Waals surface area contributed by atoms with Gasteiger partial charge in [0.25, 0.3) is 0 Å². The van der Waals surface area contributed by atoms with Gasteiger partial charge in [0.2, 0.25) is 0 Å². The number of carboxylic acid groups (broad SMARTS) is 1. The number of aliphatic hydroxyl groups is 8. The molecule has 8 atom stereocenters. The Morgan fingerprint density at radius 3 is 0.818 bits per heavy atom. The molecule has 0 saturated heterocycles. The molecule has 0 bridgehead atoms. The zero-order valence-corrected chi connectivity index (χ0v) is 90.4. The molecule has 0 spiro atoms. The Kier molecular flexibility index (Phi) is 64.9. The van der Waals surface area contributed by atoms with E-state index in [4.69, 9.17) is 35.7 Å². The third kappa shape index (κ3) is 49.2. The van der Waals surface area contributed by atoms with Crippen LogP contribution in [0.3, 0.4) is 0 Å². The molecule has 0 amide bonds.